The number of aromatic nitrogens is 3. The minimum Gasteiger partial charge on any atom is -0.497 e. The fourth-order valence-corrected chi connectivity index (χ4v) is 2.48. The van der Waals surface area contributed by atoms with E-state index in [0.717, 1.165) is 31.0 Å². The van der Waals surface area contributed by atoms with E-state index >= 15 is 0 Å². The van der Waals surface area contributed by atoms with E-state index in [4.69, 9.17) is 4.74 Å². The number of aryl methyl sites for hydroxylation is 2. The van der Waals surface area contributed by atoms with Crippen molar-refractivity contribution in [3.05, 3.63) is 42.0 Å². The zero-order valence-corrected chi connectivity index (χ0v) is 14.0. The molecule has 124 valence electrons. The third kappa shape index (κ3) is 4.81. The maximum Gasteiger partial charge on any atom is 0.220 e. The summed E-state index contributed by atoms with van der Waals surface area (Å²) in [5.41, 5.74) is 1.21. The molecule has 23 heavy (non-hydrogen) atoms. The highest BCUT2D eigenvalue weighted by molar-refractivity contribution is 5.76. The smallest absolute Gasteiger partial charge is 0.220 e. The molecule has 0 aliphatic rings. The number of ether oxygens (including phenoxy) is 1. The average molecular weight is 316 g/mol. The highest BCUT2D eigenvalue weighted by atomic mass is 16.5. The largest absolute Gasteiger partial charge is 0.497 e. The van der Waals surface area contributed by atoms with Crippen LogP contribution in [0.2, 0.25) is 0 Å². The Labute approximate surface area is 136 Å². The van der Waals surface area contributed by atoms with Crippen LogP contribution in [0, 0.1) is 0 Å². The van der Waals surface area contributed by atoms with E-state index in [1.54, 1.807) is 11.8 Å². The molecule has 0 saturated heterocycles. The zero-order valence-electron chi connectivity index (χ0n) is 14.0. The van der Waals surface area contributed by atoms with E-state index in [1.807, 2.05) is 38.1 Å². The van der Waals surface area contributed by atoms with Crippen molar-refractivity contribution < 1.29 is 9.53 Å². The number of amides is 1. The summed E-state index contributed by atoms with van der Waals surface area (Å²) in [5.74, 6) is 1.67. The van der Waals surface area contributed by atoms with Gasteiger partial charge in [-0.15, -0.1) is 0 Å². The Morgan fingerprint density at radius 1 is 1.35 bits per heavy atom. The number of hydrogen-bond donors (Lipinski definition) is 1. The van der Waals surface area contributed by atoms with Crippen molar-refractivity contribution in [1.82, 2.24) is 20.1 Å². The van der Waals surface area contributed by atoms with Crippen molar-refractivity contribution in [1.29, 1.82) is 0 Å². The van der Waals surface area contributed by atoms with Crippen LogP contribution in [0.1, 0.15) is 44.1 Å². The molecule has 0 radical (unpaired) electrons. The quantitative estimate of drug-likeness (QED) is 0.812. The zero-order chi connectivity index (χ0) is 16.7. The molecule has 0 bridgehead atoms. The van der Waals surface area contributed by atoms with Crippen molar-refractivity contribution in [3.8, 4) is 5.75 Å². The molecule has 0 aliphatic heterocycles. The first kappa shape index (κ1) is 17.0. The lowest BCUT2D eigenvalue weighted by molar-refractivity contribution is -0.121. The van der Waals surface area contributed by atoms with Crippen LogP contribution in [0.4, 0.5) is 0 Å². The van der Waals surface area contributed by atoms with Gasteiger partial charge in [-0.25, -0.2) is 9.67 Å². The minimum atomic E-state index is -0.133. The predicted octanol–water partition coefficient (Wildman–Crippen LogP) is 2.51. The van der Waals surface area contributed by atoms with Gasteiger partial charge in [-0.3, -0.25) is 4.79 Å². The topological polar surface area (TPSA) is 69.0 Å². The van der Waals surface area contributed by atoms with Crippen molar-refractivity contribution in [2.75, 3.05) is 7.11 Å². The highest BCUT2D eigenvalue weighted by Crippen LogP contribution is 2.14. The number of rotatable bonds is 8. The molecule has 1 atom stereocenters. The van der Waals surface area contributed by atoms with Crippen molar-refractivity contribution in [2.45, 2.75) is 45.7 Å². The van der Waals surface area contributed by atoms with Crippen LogP contribution in [-0.2, 0) is 17.8 Å². The van der Waals surface area contributed by atoms with Gasteiger partial charge in [0.05, 0.1) is 13.2 Å². The van der Waals surface area contributed by atoms with Gasteiger partial charge in [0.15, 0.2) is 0 Å². The molecule has 6 heteroatoms. The molecule has 1 aromatic heterocycles. The molecular weight excluding hydrogens is 292 g/mol. The third-order valence-electron chi connectivity index (χ3n) is 3.74. The Hall–Kier alpha value is -2.37. The van der Waals surface area contributed by atoms with Crippen LogP contribution in [0.3, 0.4) is 0 Å². The Balaban J connectivity index is 1.76. The van der Waals surface area contributed by atoms with Crippen LogP contribution in [0.15, 0.2) is 30.6 Å². The number of carbonyl (C=O) groups is 1. The Kier molecular flexibility index (Phi) is 6.14. The standard InChI is InChI=1S/C17H24N4O2/c1-4-21-17(18-12-19-21)13(2)20-16(22)7-5-6-14-8-10-15(23-3)11-9-14/h8-13H,4-7H2,1-3H3,(H,20,22)/t13-/m1/s1. The average Bonchev–Trinajstić information content (AvgIpc) is 3.04. The molecule has 6 nitrogen and oxygen atoms in total. The molecule has 0 aliphatic carbocycles. The summed E-state index contributed by atoms with van der Waals surface area (Å²) in [4.78, 5) is 16.3. The van der Waals surface area contributed by atoms with E-state index in [2.05, 4.69) is 15.4 Å². The lowest BCUT2D eigenvalue weighted by Gasteiger charge is -2.14. The highest BCUT2D eigenvalue weighted by Gasteiger charge is 2.14. The van der Waals surface area contributed by atoms with Crippen LogP contribution >= 0.6 is 0 Å². The predicted molar refractivity (Wildman–Crippen MR) is 88.2 cm³/mol. The molecule has 0 saturated carbocycles. The van der Waals surface area contributed by atoms with E-state index in [0.29, 0.717) is 6.42 Å². The molecule has 2 aromatic rings. The fraction of sp³-hybridized carbons (Fsp3) is 0.471. The van der Waals surface area contributed by atoms with E-state index in [9.17, 15) is 4.79 Å². The second kappa shape index (κ2) is 8.31. The van der Waals surface area contributed by atoms with Crippen LogP contribution < -0.4 is 10.1 Å². The van der Waals surface area contributed by atoms with Crippen LogP contribution in [0.5, 0.6) is 5.75 Å². The summed E-state index contributed by atoms with van der Waals surface area (Å²) in [6.07, 6.45) is 3.70. The number of hydrogen-bond acceptors (Lipinski definition) is 4. The summed E-state index contributed by atoms with van der Waals surface area (Å²) in [5, 5.41) is 7.10. The molecule has 0 unspecified atom stereocenters. The molecule has 0 fully saturated rings. The van der Waals surface area contributed by atoms with Crippen molar-refractivity contribution >= 4 is 5.91 Å². The number of carbonyl (C=O) groups excluding carboxylic acids is 1. The molecule has 1 amide bonds. The molecule has 1 heterocycles. The summed E-state index contributed by atoms with van der Waals surface area (Å²) < 4.78 is 6.93. The lowest BCUT2D eigenvalue weighted by Crippen LogP contribution is -2.28. The lowest BCUT2D eigenvalue weighted by atomic mass is 10.1. The SMILES string of the molecule is CCn1ncnc1[C@@H](C)NC(=O)CCCc1ccc(OC)cc1. The van der Waals surface area contributed by atoms with Crippen LogP contribution in [0.25, 0.3) is 0 Å². The van der Waals surface area contributed by atoms with Gasteiger partial charge >= 0.3 is 0 Å². The maximum atomic E-state index is 12.1. The Bertz CT molecular complexity index is 622. The first-order valence-electron chi connectivity index (χ1n) is 7.94. The number of methoxy groups -OCH3 is 1. The van der Waals surface area contributed by atoms with Gasteiger partial charge in [-0.05, 0) is 44.4 Å². The first-order chi connectivity index (χ1) is 11.1. The second-order valence-corrected chi connectivity index (χ2v) is 5.42. The van der Waals surface area contributed by atoms with E-state index in [1.165, 1.54) is 11.9 Å². The van der Waals surface area contributed by atoms with E-state index in [-0.39, 0.29) is 11.9 Å². The number of nitrogens with zero attached hydrogens (tertiary/aromatic N) is 3. The molecule has 1 aromatic carbocycles. The van der Waals surface area contributed by atoms with Gasteiger partial charge in [0, 0.05) is 13.0 Å². The monoisotopic (exact) mass is 316 g/mol. The maximum absolute atomic E-state index is 12.1. The van der Waals surface area contributed by atoms with Gasteiger partial charge in [0.1, 0.15) is 17.9 Å². The summed E-state index contributed by atoms with van der Waals surface area (Å²) in [6.45, 7) is 4.67. The molecular formula is C17H24N4O2. The van der Waals surface area contributed by atoms with Crippen molar-refractivity contribution in [3.63, 3.8) is 0 Å². The normalized spacial score (nSPS) is 12.0. The van der Waals surface area contributed by atoms with Gasteiger partial charge in [0.25, 0.3) is 0 Å². The van der Waals surface area contributed by atoms with Gasteiger partial charge in [-0.1, -0.05) is 12.1 Å². The Morgan fingerprint density at radius 3 is 2.74 bits per heavy atom. The summed E-state index contributed by atoms with van der Waals surface area (Å²) >= 11 is 0. The molecule has 0 spiro atoms. The van der Waals surface area contributed by atoms with Crippen molar-refractivity contribution in [2.24, 2.45) is 0 Å². The van der Waals surface area contributed by atoms with E-state index < -0.39 is 0 Å². The molecule has 2 rings (SSSR count). The van der Waals surface area contributed by atoms with Gasteiger partial charge < -0.3 is 10.1 Å². The third-order valence-corrected chi connectivity index (χ3v) is 3.74. The number of nitrogens with one attached hydrogen (secondary N) is 1. The number of benzene rings is 1. The molecule has 1 N–H and O–H groups in total. The summed E-state index contributed by atoms with van der Waals surface area (Å²) in [6, 6.07) is 7.81. The second-order valence-electron chi connectivity index (χ2n) is 5.42. The van der Waals surface area contributed by atoms with Crippen LogP contribution in [-0.4, -0.2) is 27.8 Å². The van der Waals surface area contributed by atoms with Gasteiger partial charge in [0.2, 0.25) is 5.91 Å². The Morgan fingerprint density at radius 2 is 2.09 bits per heavy atom. The first-order valence-corrected chi connectivity index (χ1v) is 7.94. The summed E-state index contributed by atoms with van der Waals surface area (Å²) in [7, 11) is 1.65. The fourth-order valence-electron chi connectivity index (χ4n) is 2.48. The van der Waals surface area contributed by atoms with Gasteiger partial charge in [-0.2, -0.15) is 5.10 Å². The minimum absolute atomic E-state index is 0.0386.